The molecule has 2 aromatic rings. The molecule has 0 radical (unpaired) electrons. The maximum Gasteiger partial charge on any atom is 0.184 e. The average molecular weight is 334 g/mol. The summed E-state index contributed by atoms with van der Waals surface area (Å²) in [5, 5.41) is 0. The zero-order valence-electron chi connectivity index (χ0n) is 14.2. The molecular weight excluding hydrogens is 312 g/mol. The van der Waals surface area contributed by atoms with Gasteiger partial charge in [-0.2, -0.15) is 0 Å². The minimum Gasteiger partial charge on any atom is -0.478 e. The van der Waals surface area contributed by atoms with E-state index in [0.29, 0.717) is 13.2 Å². The highest BCUT2D eigenvalue weighted by Crippen LogP contribution is 2.26. The van der Waals surface area contributed by atoms with Crippen molar-refractivity contribution in [2.75, 3.05) is 13.2 Å². The molecule has 2 aliphatic heterocycles. The lowest BCUT2D eigenvalue weighted by molar-refractivity contribution is 0.305. The van der Waals surface area contributed by atoms with Gasteiger partial charge in [0, 0.05) is 12.8 Å². The summed E-state index contributed by atoms with van der Waals surface area (Å²) in [4.78, 5) is 9.40. The molecule has 0 spiro atoms. The largest absolute Gasteiger partial charge is 0.478 e. The maximum atomic E-state index is 5.74. The molecule has 4 heteroatoms. The van der Waals surface area contributed by atoms with Crippen molar-refractivity contribution in [3.8, 4) is 0 Å². The first-order chi connectivity index (χ1) is 12.4. The molecule has 2 aromatic carbocycles. The third-order valence-electron chi connectivity index (χ3n) is 4.57. The Bertz CT molecular complexity index is 690. The minimum absolute atomic E-state index is 0.138. The molecule has 0 aliphatic carbocycles. The molecule has 0 saturated carbocycles. The summed E-state index contributed by atoms with van der Waals surface area (Å²) in [5.41, 5.74) is 2.43. The first-order valence-electron chi connectivity index (χ1n) is 8.87. The van der Waals surface area contributed by atoms with E-state index in [1.54, 1.807) is 0 Å². The number of ether oxygens (including phenoxy) is 2. The van der Waals surface area contributed by atoms with E-state index in [0.717, 1.165) is 31.1 Å². The smallest absolute Gasteiger partial charge is 0.184 e. The molecule has 128 valence electrons. The molecular formula is C21H22N2O2. The Labute approximate surface area is 148 Å². The number of hydrogen-bond donors (Lipinski definition) is 0. The van der Waals surface area contributed by atoms with E-state index in [9.17, 15) is 0 Å². The average Bonchev–Trinajstić information content (AvgIpc) is 3.33. The van der Waals surface area contributed by atoms with Crippen LogP contribution in [0.5, 0.6) is 0 Å². The van der Waals surface area contributed by atoms with Crippen molar-refractivity contribution in [3.63, 3.8) is 0 Å². The quantitative estimate of drug-likeness (QED) is 0.781. The molecule has 2 aliphatic rings. The van der Waals surface area contributed by atoms with Crippen LogP contribution < -0.4 is 0 Å². The number of rotatable bonds is 6. The van der Waals surface area contributed by atoms with Crippen molar-refractivity contribution in [2.24, 2.45) is 9.98 Å². The normalized spacial score (nSPS) is 22.1. The van der Waals surface area contributed by atoms with E-state index in [2.05, 4.69) is 24.3 Å². The molecule has 4 nitrogen and oxygen atoms in total. The van der Waals surface area contributed by atoms with Crippen LogP contribution in [0.4, 0.5) is 0 Å². The fraction of sp³-hybridized carbons (Fsp3) is 0.333. The molecule has 0 N–H and O–H groups in total. The lowest BCUT2D eigenvalue weighted by atomic mass is 10.1. The predicted octanol–water partition coefficient (Wildman–Crippen LogP) is 4.50. The van der Waals surface area contributed by atoms with E-state index in [1.165, 1.54) is 11.1 Å². The fourth-order valence-corrected chi connectivity index (χ4v) is 3.20. The highest BCUT2D eigenvalue weighted by Gasteiger charge is 2.22. The number of hydrogen-bond acceptors (Lipinski definition) is 4. The van der Waals surface area contributed by atoms with Crippen LogP contribution in [0.2, 0.25) is 0 Å². The van der Waals surface area contributed by atoms with Gasteiger partial charge in [0.2, 0.25) is 0 Å². The van der Waals surface area contributed by atoms with E-state index in [-0.39, 0.29) is 12.1 Å². The second-order valence-corrected chi connectivity index (χ2v) is 6.37. The molecule has 0 unspecified atom stereocenters. The van der Waals surface area contributed by atoms with Gasteiger partial charge in [0.1, 0.15) is 25.3 Å². The Morgan fingerprint density at radius 1 is 0.680 bits per heavy atom. The van der Waals surface area contributed by atoms with Gasteiger partial charge >= 0.3 is 0 Å². The van der Waals surface area contributed by atoms with Gasteiger partial charge in [0.05, 0.1) is 0 Å². The zero-order chi connectivity index (χ0) is 16.9. The number of aliphatic imine (C=N–C) groups is 2. The first kappa shape index (κ1) is 15.9. The minimum atomic E-state index is 0.138. The Kier molecular flexibility index (Phi) is 4.77. The van der Waals surface area contributed by atoms with E-state index < -0.39 is 0 Å². The summed E-state index contributed by atoms with van der Waals surface area (Å²) in [5.74, 6) is 1.71. The van der Waals surface area contributed by atoms with Crippen molar-refractivity contribution in [1.29, 1.82) is 0 Å². The zero-order valence-corrected chi connectivity index (χ0v) is 14.2. The molecule has 2 heterocycles. The van der Waals surface area contributed by atoms with Gasteiger partial charge in [-0.1, -0.05) is 60.7 Å². The Morgan fingerprint density at radius 3 is 1.56 bits per heavy atom. The van der Waals surface area contributed by atoms with Gasteiger partial charge < -0.3 is 9.47 Å². The maximum absolute atomic E-state index is 5.74. The molecule has 0 bridgehead atoms. The van der Waals surface area contributed by atoms with Crippen LogP contribution in [0, 0.1) is 0 Å². The summed E-state index contributed by atoms with van der Waals surface area (Å²) in [6.07, 6.45) is 2.62. The highest BCUT2D eigenvalue weighted by atomic mass is 16.5. The van der Waals surface area contributed by atoms with Crippen LogP contribution in [0.15, 0.2) is 70.6 Å². The van der Waals surface area contributed by atoms with Crippen molar-refractivity contribution >= 4 is 11.8 Å². The molecule has 25 heavy (non-hydrogen) atoms. The summed E-state index contributed by atoms with van der Waals surface area (Å²) in [6.45, 7) is 1.29. The molecule has 4 rings (SSSR count). The van der Waals surface area contributed by atoms with Gasteiger partial charge in [0.25, 0.3) is 0 Å². The second-order valence-electron chi connectivity index (χ2n) is 6.37. The molecule has 0 fully saturated rings. The van der Waals surface area contributed by atoms with Crippen molar-refractivity contribution < 1.29 is 9.47 Å². The van der Waals surface area contributed by atoms with Crippen LogP contribution in [0.1, 0.15) is 42.5 Å². The van der Waals surface area contributed by atoms with Crippen LogP contribution in [0.3, 0.4) is 0 Å². The molecule has 2 atom stereocenters. The van der Waals surface area contributed by atoms with E-state index in [1.807, 2.05) is 36.4 Å². The SMILES string of the molecule is c1ccc([C@@H]2COC(CCCC3=N[C@H](c4ccccc4)CO3)=N2)cc1. The standard InChI is InChI=1S/C21H22N2O2/c1-3-8-16(9-4-1)18-14-24-20(22-18)12-7-13-21-23-19(15-25-21)17-10-5-2-6-11-17/h1-6,8-11,18-19H,7,12-15H2/t18-,19-/m0/s1. The number of nitrogens with zero attached hydrogens (tertiary/aromatic N) is 2. The van der Waals surface area contributed by atoms with Gasteiger partial charge in [-0.15, -0.1) is 0 Å². The second kappa shape index (κ2) is 7.51. The lowest BCUT2D eigenvalue weighted by Crippen LogP contribution is -2.03. The van der Waals surface area contributed by atoms with Crippen LogP contribution >= 0.6 is 0 Å². The highest BCUT2D eigenvalue weighted by molar-refractivity contribution is 5.80. The van der Waals surface area contributed by atoms with Gasteiger partial charge in [-0.3, -0.25) is 0 Å². The van der Waals surface area contributed by atoms with Crippen LogP contribution in [-0.2, 0) is 9.47 Å². The first-order valence-corrected chi connectivity index (χ1v) is 8.87. The Morgan fingerprint density at radius 2 is 1.12 bits per heavy atom. The summed E-state index contributed by atoms with van der Waals surface area (Å²) < 4.78 is 11.5. The van der Waals surface area contributed by atoms with Gasteiger partial charge in [-0.25, -0.2) is 9.98 Å². The van der Waals surface area contributed by atoms with Crippen LogP contribution in [-0.4, -0.2) is 25.0 Å². The fourth-order valence-electron chi connectivity index (χ4n) is 3.20. The topological polar surface area (TPSA) is 43.2 Å². The van der Waals surface area contributed by atoms with E-state index >= 15 is 0 Å². The van der Waals surface area contributed by atoms with Crippen molar-refractivity contribution in [2.45, 2.75) is 31.3 Å². The summed E-state index contributed by atoms with van der Waals surface area (Å²) in [6, 6.07) is 20.9. The third-order valence-corrected chi connectivity index (χ3v) is 4.57. The predicted molar refractivity (Wildman–Crippen MR) is 99.0 cm³/mol. The monoisotopic (exact) mass is 334 g/mol. The number of benzene rings is 2. The Hall–Kier alpha value is -2.62. The Balaban J connectivity index is 1.27. The van der Waals surface area contributed by atoms with Crippen LogP contribution in [0.25, 0.3) is 0 Å². The summed E-state index contributed by atoms with van der Waals surface area (Å²) in [7, 11) is 0. The van der Waals surface area contributed by atoms with E-state index in [4.69, 9.17) is 19.5 Å². The van der Waals surface area contributed by atoms with Gasteiger partial charge in [-0.05, 0) is 17.5 Å². The third kappa shape index (κ3) is 3.90. The van der Waals surface area contributed by atoms with Crippen molar-refractivity contribution in [3.05, 3.63) is 71.8 Å². The molecule has 0 saturated heterocycles. The summed E-state index contributed by atoms with van der Waals surface area (Å²) >= 11 is 0. The van der Waals surface area contributed by atoms with Crippen molar-refractivity contribution in [1.82, 2.24) is 0 Å². The molecule has 0 amide bonds. The van der Waals surface area contributed by atoms with Gasteiger partial charge in [0.15, 0.2) is 11.8 Å². The lowest BCUT2D eigenvalue weighted by Gasteiger charge is -2.03. The molecule has 0 aromatic heterocycles.